The number of carbonyl (C=O) groups excluding carboxylic acids is 1. The summed E-state index contributed by atoms with van der Waals surface area (Å²) < 4.78 is 5.31. The van der Waals surface area contributed by atoms with E-state index in [1.165, 1.54) is 19.3 Å². The normalized spacial score (nSPS) is 10.4. The number of unbranched alkanes of at least 4 members (excludes halogenated alkanes) is 4. The molecule has 18 heavy (non-hydrogen) atoms. The number of ether oxygens (including phenoxy) is 1. The molecule has 2 nitrogen and oxygen atoms in total. The second kappa shape index (κ2) is 8.15. The number of halogens is 1. The zero-order chi connectivity index (χ0) is 13.4. The van der Waals surface area contributed by atoms with Crippen LogP contribution in [0.15, 0.2) is 18.2 Å². The molecule has 0 amide bonds. The van der Waals surface area contributed by atoms with Gasteiger partial charge in [0.15, 0.2) is 0 Å². The first-order valence-corrected chi connectivity index (χ1v) is 6.98. The van der Waals surface area contributed by atoms with Crippen molar-refractivity contribution < 1.29 is 9.53 Å². The van der Waals surface area contributed by atoms with Gasteiger partial charge in [0.25, 0.3) is 0 Å². The van der Waals surface area contributed by atoms with E-state index in [0.717, 1.165) is 18.4 Å². The molecular weight excluding hydrogens is 248 g/mol. The van der Waals surface area contributed by atoms with Crippen LogP contribution in [0.3, 0.4) is 0 Å². The summed E-state index contributed by atoms with van der Waals surface area (Å²) in [6.07, 6.45) is 6.16. The molecule has 0 N–H and O–H groups in total. The van der Waals surface area contributed by atoms with Gasteiger partial charge in [-0.2, -0.15) is 0 Å². The Morgan fingerprint density at radius 3 is 2.61 bits per heavy atom. The van der Waals surface area contributed by atoms with Gasteiger partial charge in [-0.05, 0) is 37.1 Å². The van der Waals surface area contributed by atoms with E-state index < -0.39 is 0 Å². The second-order valence-corrected chi connectivity index (χ2v) is 4.98. The van der Waals surface area contributed by atoms with Gasteiger partial charge in [0.2, 0.25) is 0 Å². The van der Waals surface area contributed by atoms with Gasteiger partial charge in [-0.25, -0.2) is 0 Å². The Morgan fingerprint density at radius 2 is 1.94 bits per heavy atom. The molecule has 0 aliphatic carbocycles. The number of aryl methyl sites for hydroxylation is 1. The van der Waals surface area contributed by atoms with E-state index in [1.807, 2.05) is 6.92 Å². The molecule has 3 heteroatoms. The number of hydrogen-bond acceptors (Lipinski definition) is 2. The molecule has 0 unspecified atom stereocenters. The first kappa shape index (κ1) is 15.0. The van der Waals surface area contributed by atoms with Gasteiger partial charge in [-0.1, -0.05) is 44.2 Å². The van der Waals surface area contributed by atoms with Crippen molar-refractivity contribution in [2.24, 2.45) is 0 Å². The molecule has 0 spiro atoms. The van der Waals surface area contributed by atoms with Crippen LogP contribution in [0.25, 0.3) is 0 Å². The summed E-state index contributed by atoms with van der Waals surface area (Å²) in [4.78, 5) is 11.6. The molecule has 0 aromatic heterocycles. The van der Waals surface area contributed by atoms with Crippen LogP contribution in [0.2, 0.25) is 5.02 Å². The van der Waals surface area contributed by atoms with Crippen LogP contribution < -0.4 is 4.74 Å². The van der Waals surface area contributed by atoms with E-state index >= 15 is 0 Å². The minimum atomic E-state index is -0.156. The second-order valence-electron chi connectivity index (χ2n) is 4.55. The summed E-state index contributed by atoms with van der Waals surface area (Å²) in [6, 6.07) is 5.27. The van der Waals surface area contributed by atoms with Crippen LogP contribution >= 0.6 is 11.6 Å². The molecule has 100 valence electrons. The number of hydrogen-bond donors (Lipinski definition) is 0. The first-order valence-electron chi connectivity index (χ1n) is 6.60. The topological polar surface area (TPSA) is 26.3 Å². The molecule has 0 heterocycles. The van der Waals surface area contributed by atoms with E-state index in [0.29, 0.717) is 17.2 Å². The highest BCUT2D eigenvalue weighted by atomic mass is 35.5. The number of benzene rings is 1. The standard InChI is InChI=1S/C15H21ClO2/c1-3-4-5-6-7-8-15(17)18-14-10-9-13(16)11-12(14)2/h9-11H,3-8H2,1-2H3. The maximum Gasteiger partial charge on any atom is 0.311 e. The lowest BCUT2D eigenvalue weighted by molar-refractivity contribution is -0.134. The predicted molar refractivity (Wildman–Crippen MR) is 75.2 cm³/mol. The third-order valence-electron chi connectivity index (χ3n) is 2.85. The molecule has 0 aliphatic heterocycles. The Kier molecular flexibility index (Phi) is 6.81. The Bertz CT molecular complexity index is 388. The molecule has 1 aromatic carbocycles. The zero-order valence-corrected chi connectivity index (χ0v) is 11.9. The average Bonchev–Trinajstić information content (AvgIpc) is 2.32. The third kappa shape index (κ3) is 5.54. The Labute approximate surface area is 114 Å². The smallest absolute Gasteiger partial charge is 0.311 e. The van der Waals surface area contributed by atoms with Crippen molar-refractivity contribution in [1.29, 1.82) is 0 Å². The quantitative estimate of drug-likeness (QED) is 0.399. The highest BCUT2D eigenvalue weighted by Crippen LogP contribution is 2.22. The van der Waals surface area contributed by atoms with E-state index in [9.17, 15) is 4.79 Å². The van der Waals surface area contributed by atoms with Crippen LogP contribution in [0.1, 0.15) is 51.0 Å². The van der Waals surface area contributed by atoms with Crippen molar-refractivity contribution in [1.82, 2.24) is 0 Å². The van der Waals surface area contributed by atoms with E-state index in [2.05, 4.69) is 6.92 Å². The highest BCUT2D eigenvalue weighted by molar-refractivity contribution is 6.30. The van der Waals surface area contributed by atoms with Crippen LogP contribution in [0.4, 0.5) is 0 Å². The maximum absolute atomic E-state index is 11.6. The van der Waals surface area contributed by atoms with Gasteiger partial charge in [0, 0.05) is 11.4 Å². The van der Waals surface area contributed by atoms with Gasteiger partial charge < -0.3 is 4.74 Å². The maximum atomic E-state index is 11.6. The molecule has 1 aromatic rings. The third-order valence-corrected chi connectivity index (χ3v) is 3.08. The lowest BCUT2D eigenvalue weighted by Gasteiger charge is -2.07. The zero-order valence-electron chi connectivity index (χ0n) is 11.2. The Hall–Kier alpha value is -1.02. The highest BCUT2D eigenvalue weighted by Gasteiger charge is 2.07. The summed E-state index contributed by atoms with van der Waals surface area (Å²) in [5.41, 5.74) is 0.891. The fraction of sp³-hybridized carbons (Fsp3) is 0.533. The monoisotopic (exact) mass is 268 g/mol. The fourth-order valence-corrected chi connectivity index (χ4v) is 2.00. The molecule has 0 bridgehead atoms. The van der Waals surface area contributed by atoms with Crippen LogP contribution in [0.5, 0.6) is 5.75 Å². The molecular formula is C15H21ClO2. The largest absolute Gasteiger partial charge is 0.426 e. The van der Waals surface area contributed by atoms with Crippen molar-refractivity contribution in [3.05, 3.63) is 28.8 Å². The van der Waals surface area contributed by atoms with Crippen molar-refractivity contribution in [2.45, 2.75) is 52.4 Å². The summed E-state index contributed by atoms with van der Waals surface area (Å²) in [5, 5.41) is 0.659. The Balaban J connectivity index is 2.31. The molecule has 0 radical (unpaired) electrons. The average molecular weight is 269 g/mol. The first-order chi connectivity index (χ1) is 8.63. The lowest BCUT2D eigenvalue weighted by Crippen LogP contribution is -2.08. The van der Waals surface area contributed by atoms with E-state index in [1.54, 1.807) is 18.2 Å². The Morgan fingerprint density at radius 1 is 1.22 bits per heavy atom. The van der Waals surface area contributed by atoms with Crippen LogP contribution in [-0.2, 0) is 4.79 Å². The van der Waals surface area contributed by atoms with E-state index in [4.69, 9.17) is 16.3 Å². The molecule has 0 aliphatic rings. The lowest BCUT2D eigenvalue weighted by atomic mass is 10.1. The van der Waals surface area contributed by atoms with Gasteiger partial charge in [0.05, 0.1) is 0 Å². The molecule has 1 rings (SSSR count). The minimum absolute atomic E-state index is 0.156. The van der Waals surface area contributed by atoms with Gasteiger partial charge in [-0.15, -0.1) is 0 Å². The van der Waals surface area contributed by atoms with Gasteiger partial charge in [-0.3, -0.25) is 4.79 Å². The fourth-order valence-electron chi connectivity index (χ4n) is 1.77. The summed E-state index contributed by atoms with van der Waals surface area (Å²) in [5.74, 6) is 0.454. The van der Waals surface area contributed by atoms with Crippen molar-refractivity contribution >= 4 is 17.6 Å². The van der Waals surface area contributed by atoms with Crippen LogP contribution in [0, 0.1) is 6.92 Å². The summed E-state index contributed by atoms with van der Waals surface area (Å²) >= 11 is 5.85. The summed E-state index contributed by atoms with van der Waals surface area (Å²) in [7, 11) is 0. The van der Waals surface area contributed by atoms with E-state index in [-0.39, 0.29) is 5.97 Å². The summed E-state index contributed by atoms with van der Waals surface area (Å²) in [6.45, 7) is 4.06. The SMILES string of the molecule is CCCCCCCC(=O)Oc1ccc(Cl)cc1C. The molecule has 0 saturated carbocycles. The van der Waals surface area contributed by atoms with Gasteiger partial charge in [0.1, 0.15) is 5.75 Å². The molecule has 0 fully saturated rings. The molecule has 0 saturated heterocycles. The molecule has 0 atom stereocenters. The van der Waals surface area contributed by atoms with Crippen molar-refractivity contribution in [2.75, 3.05) is 0 Å². The predicted octanol–water partition coefficient (Wildman–Crippen LogP) is 4.91. The van der Waals surface area contributed by atoms with Crippen molar-refractivity contribution in [3.8, 4) is 5.75 Å². The number of carbonyl (C=O) groups is 1. The van der Waals surface area contributed by atoms with Crippen molar-refractivity contribution in [3.63, 3.8) is 0 Å². The number of esters is 1. The number of rotatable bonds is 7. The van der Waals surface area contributed by atoms with Gasteiger partial charge >= 0.3 is 5.97 Å². The minimum Gasteiger partial charge on any atom is -0.426 e. The van der Waals surface area contributed by atoms with Crippen LogP contribution in [-0.4, -0.2) is 5.97 Å².